The van der Waals surface area contributed by atoms with Crippen molar-refractivity contribution in [2.24, 2.45) is 29.1 Å². The SMILES string of the molecule is CC(C)=C[C@H]1C[C@H](C)[C@]2(CC[C@]3(C)C[C@H]4[C@H](C(=O)C[C@@]4(C)O)/C(C(O)OCCBr)=C\C[C@H]32)O1. The van der Waals surface area contributed by atoms with Crippen molar-refractivity contribution in [3.05, 3.63) is 23.3 Å². The molecule has 1 saturated heterocycles. The molecule has 4 rings (SSSR count). The van der Waals surface area contributed by atoms with Gasteiger partial charge in [-0.3, -0.25) is 4.79 Å². The van der Waals surface area contributed by atoms with E-state index in [2.05, 4.69) is 55.8 Å². The number of carbonyl (C=O) groups is 1. The molecule has 0 radical (unpaired) electrons. The Labute approximate surface area is 207 Å². The van der Waals surface area contributed by atoms with Crippen LogP contribution in [0.25, 0.3) is 0 Å². The number of rotatable bonds is 5. The Morgan fingerprint density at radius 3 is 2.76 bits per heavy atom. The summed E-state index contributed by atoms with van der Waals surface area (Å²) in [5.41, 5.74) is 0.592. The molecule has 5 nitrogen and oxygen atoms in total. The predicted molar refractivity (Wildman–Crippen MR) is 132 cm³/mol. The molecular formula is C27H41BrO5. The van der Waals surface area contributed by atoms with Crippen LogP contribution in [0.4, 0.5) is 0 Å². The lowest BCUT2D eigenvalue weighted by molar-refractivity contribution is -0.124. The maximum absolute atomic E-state index is 13.1. The lowest BCUT2D eigenvalue weighted by atomic mass is 9.61. The van der Waals surface area contributed by atoms with Gasteiger partial charge >= 0.3 is 0 Å². The summed E-state index contributed by atoms with van der Waals surface area (Å²) < 4.78 is 12.5. The highest BCUT2D eigenvalue weighted by Gasteiger charge is 2.64. The topological polar surface area (TPSA) is 76.0 Å². The molecule has 2 saturated carbocycles. The van der Waals surface area contributed by atoms with E-state index < -0.39 is 17.8 Å². The summed E-state index contributed by atoms with van der Waals surface area (Å²) in [4.78, 5) is 13.1. The number of allylic oxidation sites excluding steroid dienone is 2. The van der Waals surface area contributed by atoms with Gasteiger partial charge in [-0.1, -0.05) is 47.5 Å². The van der Waals surface area contributed by atoms with E-state index in [0.29, 0.717) is 23.4 Å². The van der Waals surface area contributed by atoms with Crippen LogP contribution in [-0.2, 0) is 14.3 Å². The number of fused-ring (bicyclic) bond motifs is 3. The average molecular weight is 526 g/mol. The van der Waals surface area contributed by atoms with Crippen LogP contribution in [0.5, 0.6) is 0 Å². The third kappa shape index (κ3) is 4.44. The zero-order valence-corrected chi connectivity index (χ0v) is 22.4. The van der Waals surface area contributed by atoms with Gasteiger partial charge in [0.2, 0.25) is 0 Å². The van der Waals surface area contributed by atoms with Gasteiger partial charge in [-0.25, -0.2) is 0 Å². The summed E-state index contributed by atoms with van der Waals surface area (Å²) in [6.07, 6.45) is 8.02. The molecule has 0 amide bonds. The molecule has 4 aliphatic rings. The lowest BCUT2D eigenvalue weighted by Crippen LogP contribution is -2.46. The molecule has 0 aromatic rings. The molecule has 3 fully saturated rings. The van der Waals surface area contributed by atoms with Crippen LogP contribution in [-0.4, -0.2) is 51.5 Å². The standard InChI is InChI=1S/C27H41BrO5/c1-16(2)12-18-13-17(3)27(33-18)9-8-25(4)14-20-23(21(29)15-26(20,5)31)19(6-7-22(25)27)24(30)32-11-10-28/h6,12,17-18,20,22-24,30-31H,7-11,13-15H2,1-5H3/b19-6+/t17-,18-,20-,22+,23+,24?,25+,26+,27-/m0/s1. The summed E-state index contributed by atoms with van der Waals surface area (Å²) in [5, 5.41) is 22.9. The molecular weight excluding hydrogens is 484 g/mol. The molecule has 1 spiro atoms. The first-order valence-electron chi connectivity index (χ1n) is 12.6. The number of hydrogen-bond acceptors (Lipinski definition) is 5. The molecule has 0 bridgehead atoms. The van der Waals surface area contributed by atoms with Crippen LogP contribution in [0.2, 0.25) is 0 Å². The average Bonchev–Trinajstić information content (AvgIpc) is 3.23. The van der Waals surface area contributed by atoms with Crippen LogP contribution in [0.3, 0.4) is 0 Å². The van der Waals surface area contributed by atoms with E-state index in [9.17, 15) is 15.0 Å². The molecule has 1 unspecified atom stereocenters. The maximum Gasteiger partial charge on any atom is 0.177 e. The first-order valence-corrected chi connectivity index (χ1v) is 13.7. The number of ketones is 1. The van der Waals surface area contributed by atoms with E-state index in [1.807, 2.05) is 0 Å². The van der Waals surface area contributed by atoms with Crippen LogP contribution in [0, 0.1) is 29.1 Å². The summed E-state index contributed by atoms with van der Waals surface area (Å²) in [6.45, 7) is 11.1. The summed E-state index contributed by atoms with van der Waals surface area (Å²) >= 11 is 3.35. The minimum absolute atomic E-state index is 0.0154. The minimum Gasteiger partial charge on any atom is -0.389 e. The van der Waals surface area contributed by atoms with Crippen molar-refractivity contribution in [1.82, 2.24) is 0 Å². The van der Waals surface area contributed by atoms with E-state index in [4.69, 9.17) is 9.47 Å². The van der Waals surface area contributed by atoms with E-state index in [1.165, 1.54) is 5.57 Å². The Morgan fingerprint density at radius 1 is 1.36 bits per heavy atom. The van der Waals surface area contributed by atoms with E-state index in [-0.39, 0.29) is 41.2 Å². The van der Waals surface area contributed by atoms with Crippen LogP contribution >= 0.6 is 15.9 Å². The number of hydrogen-bond donors (Lipinski definition) is 2. The van der Waals surface area contributed by atoms with Gasteiger partial charge in [0.1, 0.15) is 5.78 Å². The zero-order valence-electron chi connectivity index (χ0n) is 20.8. The molecule has 9 atom stereocenters. The van der Waals surface area contributed by atoms with E-state index >= 15 is 0 Å². The molecule has 33 heavy (non-hydrogen) atoms. The maximum atomic E-state index is 13.1. The van der Waals surface area contributed by atoms with Crippen LogP contribution < -0.4 is 0 Å². The highest BCUT2D eigenvalue weighted by Crippen LogP contribution is 2.64. The summed E-state index contributed by atoms with van der Waals surface area (Å²) in [6, 6.07) is 0. The number of alkyl halides is 1. The molecule has 186 valence electrons. The minimum atomic E-state index is -1.13. The number of Topliss-reactive ketones (excluding diaryl/α,β-unsaturated/α-hetero) is 1. The molecule has 3 aliphatic carbocycles. The lowest BCUT2D eigenvalue weighted by Gasteiger charge is -2.46. The summed E-state index contributed by atoms with van der Waals surface area (Å²) in [5.74, 6) is -0.00742. The first-order chi connectivity index (χ1) is 15.4. The Balaban J connectivity index is 1.74. The second-order valence-corrected chi connectivity index (χ2v) is 12.6. The molecule has 1 aliphatic heterocycles. The molecule has 0 aromatic carbocycles. The van der Waals surface area contributed by atoms with E-state index in [0.717, 1.165) is 32.1 Å². The number of aliphatic hydroxyl groups is 2. The van der Waals surface area contributed by atoms with Crippen molar-refractivity contribution in [2.75, 3.05) is 11.9 Å². The monoisotopic (exact) mass is 524 g/mol. The Bertz CT molecular complexity index is 830. The second-order valence-electron chi connectivity index (χ2n) is 11.8. The molecule has 1 heterocycles. The highest BCUT2D eigenvalue weighted by atomic mass is 79.9. The highest BCUT2D eigenvalue weighted by molar-refractivity contribution is 9.09. The normalized spacial score (nSPS) is 47.5. The third-order valence-corrected chi connectivity index (χ3v) is 9.50. The van der Waals surface area contributed by atoms with Crippen LogP contribution in [0.15, 0.2) is 23.3 Å². The van der Waals surface area contributed by atoms with Gasteiger partial charge in [0.25, 0.3) is 0 Å². The van der Waals surface area contributed by atoms with Crippen molar-refractivity contribution in [2.45, 2.75) is 96.7 Å². The van der Waals surface area contributed by atoms with Gasteiger partial charge in [-0.2, -0.15) is 0 Å². The van der Waals surface area contributed by atoms with Crippen molar-refractivity contribution in [3.8, 4) is 0 Å². The first kappa shape index (κ1) is 25.6. The van der Waals surface area contributed by atoms with E-state index in [1.54, 1.807) is 6.92 Å². The molecule has 2 N–H and O–H groups in total. The number of carbonyl (C=O) groups excluding carboxylic acids is 1. The second kappa shape index (κ2) is 9.16. The fourth-order valence-corrected chi connectivity index (χ4v) is 7.86. The van der Waals surface area contributed by atoms with Gasteiger partial charge in [0.15, 0.2) is 6.29 Å². The molecule has 6 heteroatoms. The number of ether oxygens (including phenoxy) is 2. The number of halogens is 1. The Morgan fingerprint density at radius 2 is 2.09 bits per heavy atom. The van der Waals surface area contributed by atoms with Gasteiger partial charge in [0.05, 0.1) is 23.9 Å². The van der Waals surface area contributed by atoms with Crippen LogP contribution in [0.1, 0.15) is 73.1 Å². The fourth-order valence-electron chi connectivity index (χ4n) is 7.67. The third-order valence-electron chi connectivity index (χ3n) is 9.18. The fraction of sp³-hybridized carbons (Fsp3) is 0.815. The number of aliphatic hydroxyl groups excluding tert-OH is 1. The predicted octanol–water partition coefficient (Wildman–Crippen LogP) is 4.94. The van der Waals surface area contributed by atoms with Gasteiger partial charge in [-0.05, 0) is 75.7 Å². The van der Waals surface area contributed by atoms with Gasteiger partial charge in [0, 0.05) is 23.6 Å². The zero-order chi connectivity index (χ0) is 24.2. The van der Waals surface area contributed by atoms with Gasteiger partial charge < -0.3 is 19.7 Å². The van der Waals surface area contributed by atoms with Crippen molar-refractivity contribution >= 4 is 21.7 Å². The quantitative estimate of drug-likeness (QED) is 0.302. The van der Waals surface area contributed by atoms with Gasteiger partial charge in [-0.15, -0.1) is 0 Å². The largest absolute Gasteiger partial charge is 0.389 e. The Kier molecular flexibility index (Phi) is 7.10. The van der Waals surface area contributed by atoms with Crippen molar-refractivity contribution in [1.29, 1.82) is 0 Å². The van der Waals surface area contributed by atoms with Crippen molar-refractivity contribution < 1.29 is 24.5 Å². The Hall–Kier alpha value is -0.530. The molecule has 0 aromatic heterocycles. The van der Waals surface area contributed by atoms with Crippen molar-refractivity contribution in [3.63, 3.8) is 0 Å². The summed E-state index contributed by atoms with van der Waals surface area (Å²) in [7, 11) is 0. The smallest absolute Gasteiger partial charge is 0.177 e.